The maximum absolute atomic E-state index is 5.48. The van der Waals surface area contributed by atoms with Crippen molar-refractivity contribution in [3.63, 3.8) is 0 Å². The molecular formula is C12H19N3. The molecule has 1 heterocycles. The summed E-state index contributed by atoms with van der Waals surface area (Å²) in [6.07, 6.45) is 9.10. The second kappa shape index (κ2) is 5.21. The van der Waals surface area contributed by atoms with E-state index in [9.17, 15) is 0 Å². The number of aryl methyl sites for hydroxylation is 1. The predicted molar refractivity (Wildman–Crippen MR) is 60.6 cm³/mol. The minimum atomic E-state index is 0.685. The third-order valence-electron chi connectivity index (χ3n) is 3.10. The van der Waals surface area contributed by atoms with Crippen molar-refractivity contribution in [2.45, 2.75) is 44.4 Å². The number of hydrogen-bond acceptors (Lipinski definition) is 3. The summed E-state index contributed by atoms with van der Waals surface area (Å²) >= 11 is 0. The smallest absolute Gasteiger partial charge is 0.128 e. The highest BCUT2D eigenvalue weighted by Crippen LogP contribution is 2.32. The zero-order valence-electron chi connectivity index (χ0n) is 9.15. The van der Waals surface area contributed by atoms with Crippen molar-refractivity contribution >= 4 is 0 Å². The van der Waals surface area contributed by atoms with Gasteiger partial charge in [-0.05, 0) is 31.9 Å². The third-order valence-corrected chi connectivity index (χ3v) is 3.10. The molecule has 0 atom stereocenters. The first-order valence-corrected chi connectivity index (χ1v) is 5.92. The van der Waals surface area contributed by atoms with E-state index in [1.54, 1.807) is 0 Å². The summed E-state index contributed by atoms with van der Waals surface area (Å²) in [6.45, 7) is 0.719. The molecule has 1 aromatic heterocycles. The molecule has 82 valence electrons. The van der Waals surface area contributed by atoms with Crippen molar-refractivity contribution in [2.24, 2.45) is 5.73 Å². The van der Waals surface area contributed by atoms with Crippen LogP contribution in [0.25, 0.3) is 0 Å². The molecule has 2 N–H and O–H groups in total. The highest BCUT2D eigenvalue weighted by atomic mass is 14.9. The van der Waals surface area contributed by atoms with E-state index in [2.05, 4.69) is 16.0 Å². The normalized spacial score (nSPS) is 17.1. The molecule has 1 aliphatic rings. The Morgan fingerprint density at radius 2 is 2.13 bits per heavy atom. The van der Waals surface area contributed by atoms with E-state index in [4.69, 9.17) is 5.73 Å². The SMILES string of the molecule is NCCCc1nccc(C2CCCC2)n1. The Kier molecular flexibility index (Phi) is 3.67. The topological polar surface area (TPSA) is 51.8 Å². The zero-order valence-corrected chi connectivity index (χ0v) is 9.15. The molecule has 0 spiro atoms. The molecule has 0 amide bonds. The Balaban J connectivity index is 2.04. The number of nitrogens with zero attached hydrogens (tertiary/aromatic N) is 2. The molecule has 15 heavy (non-hydrogen) atoms. The van der Waals surface area contributed by atoms with Gasteiger partial charge in [-0.2, -0.15) is 0 Å². The lowest BCUT2D eigenvalue weighted by Gasteiger charge is -2.09. The standard InChI is InChI=1S/C12H19N3/c13-8-3-6-12-14-9-7-11(15-12)10-4-1-2-5-10/h7,9-10H,1-6,8,13H2. The molecule has 2 rings (SSSR count). The van der Waals surface area contributed by atoms with Crippen molar-refractivity contribution in [2.75, 3.05) is 6.54 Å². The van der Waals surface area contributed by atoms with E-state index in [-0.39, 0.29) is 0 Å². The predicted octanol–water partition coefficient (Wildman–Crippen LogP) is 2.03. The van der Waals surface area contributed by atoms with Crippen molar-refractivity contribution in [1.29, 1.82) is 0 Å². The summed E-state index contributed by atoms with van der Waals surface area (Å²) in [5.74, 6) is 1.65. The fourth-order valence-corrected chi connectivity index (χ4v) is 2.24. The minimum absolute atomic E-state index is 0.685. The van der Waals surface area contributed by atoms with Crippen LogP contribution in [0.5, 0.6) is 0 Å². The van der Waals surface area contributed by atoms with E-state index >= 15 is 0 Å². The average molecular weight is 205 g/mol. The summed E-state index contributed by atoms with van der Waals surface area (Å²) < 4.78 is 0. The molecule has 1 saturated carbocycles. The Morgan fingerprint density at radius 1 is 1.33 bits per heavy atom. The maximum Gasteiger partial charge on any atom is 0.128 e. The molecule has 1 fully saturated rings. The molecular weight excluding hydrogens is 186 g/mol. The second-order valence-electron chi connectivity index (χ2n) is 4.27. The van der Waals surface area contributed by atoms with Gasteiger partial charge in [0.05, 0.1) is 0 Å². The molecule has 0 aliphatic heterocycles. The van der Waals surface area contributed by atoms with Gasteiger partial charge in [-0.15, -0.1) is 0 Å². The fourth-order valence-electron chi connectivity index (χ4n) is 2.24. The van der Waals surface area contributed by atoms with Gasteiger partial charge >= 0.3 is 0 Å². The van der Waals surface area contributed by atoms with Gasteiger partial charge in [0.15, 0.2) is 0 Å². The minimum Gasteiger partial charge on any atom is -0.330 e. The van der Waals surface area contributed by atoms with Crippen LogP contribution in [0.1, 0.15) is 49.5 Å². The number of aromatic nitrogens is 2. The lowest BCUT2D eigenvalue weighted by atomic mass is 10.0. The van der Waals surface area contributed by atoms with Crippen LogP contribution in [0.15, 0.2) is 12.3 Å². The summed E-state index contributed by atoms with van der Waals surface area (Å²) in [7, 11) is 0. The average Bonchev–Trinajstić information content (AvgIpc) is 2.80. The quantitative estimate of drug-likeness (QED) is 0.818. The third kappa shape index (κ3) is 2.75. The lowest BCUT2D eigenvalue weighted by Crippen LogP contribution is -2.05. The summed E-state index contributed by atoms with van der Waals surface area (Å²) in [5.41, 5.74) is 6.73. The van der Waals surface area contributed by atoms with Crippen LogP contribution in [-0.2, 0) is 6.42 Å². The Morgan fingerprint density at radius 3 is 2.87 bits per heavy atom. The van der Waals surface area contributed by atoms with Gasteiger partial charge in [-0.1, -0.05) is 12.8 Å². The summed E-state index contributed by atoms with van der Waals surface area (Å²) in [4.78, 5) is 8.91. The maximum atomic E-state index is 5.48. The first-order chi connectivity index (χ1) is 7.40. The number of rotatable bonds is 4. The summed E-state index contributed by atoms with van der Waals surface area (Å²) in [6, 6.07) is 2.07. The van der Waals surface area contributed by atoms with Crippen molar-refractivity contribution in [3.8, 4) is 0 Å². The molecule has 0 unspecified atom stereocenters. The number of nitrogens with two attached hydrogens (primary N) is 1. The first kappa shape index (κ1) is 10.6. The molecule has 0 bridgehead atoms. The largest absolute Gasteiger partial charge is 0.330 e. The van der Waals surface area contributed by atoms with Gasteiger partial charge in [-0.25, -0.2) is 9.97 Å². The van der Waals surface area contributed by atoms with Crippen LogP contribution < -0.4 is 5.73 Å². The van der Waals surface area contributed by atoms with Crippen LogP contribution in [0, 0.1) is 0 Å². The van der Waals surface area contributed by atoms with Gasteiger partial charge in [0.2, 0.25) is 0 Å². The Bertz CT molecular complexity index is 305. The first-order valence-electron chi connectivity index (χ1n) is 5.92. The van der Waals surface area contributed by atoms with E-state index in [0.717, 1.165) is 25.2 Å². The number of hydrogen-bond donors (Lipinski definition) is 1. The van der Waals surface area contributed by atoms with Gasteiger partial charge in [0.1, 0.15) is 5.82 Å². The van der Waals surface area contributed by atoms with Crippen LogP contribution >= 0.6 is 0 Å². The fraction of sp³-hybridized carbons (Fsp3) is 0.667. The zero-order chi connectivity index (χ0) is 10.5. The Hall–Kier alpha value is -0.960. The molecule has 3 heteroatoms. The highest BCUT2D eigenvalue weighted by Gasteiger charge is 2.18. The molecule has 1 aliphatic carbocycles. The van der Waals surface area contributed by atoms with Crippen molar-refractivity contribution in [3.05, 3.63) is 23.8 Å². The summed E-state index contributed by atoms with van der Waals surface area (Å²) in [5, 5.41) is 0. The van der Waals surface area contributed by atoms with Crippen molar-refractivity contribution in [1.82, 2.24) is 9.97 Å². The second-order valence-corrected chi connectivity index (χ2v) is 4.27. The van der Waals surface area contributed by atoms with E-state index in [0.29, 0.717) is 5.92 Å². The monoisotopic (exact) mass is 205 g/mol. The lowest BCUT2D eigenvalue weighted by molar-refractivity contribution is 0.676. The molecule has 0 radical (unpaired) electrons. The van der Waals surface area contributed by atoms with Gasteiger partial charge in [-0.3, -0.25) is 0 Å². The van der Waals surface area contributed by atoms with E-state index in [1.165, 1.54) is 31.4 Å². The van der Waals surface area contributed by atoms with Gasteiger partial charge in [0.25, 0.3) is 0 Å². The van der Waals surface area contributed by atoms with Crippen molar-refractivity contribution < 1.29 is 0 Å². The Labute approximate surface area is 91.1 Å². The van der Waals surface area contributed by atoms with Gasteiger partial charge in [0, 0.05) is 24.2 Å². The van der Waals surface area contributed by atoms with Gasteiger partial charge < -0.3 is 5.73 Å². The molecule has 0 aromatic carbocycles. The molecule has 1 aromatic rings. The van der Waals surface area contributed by atoms with Crippen LogP contribution in [0.3, 0.4) is 0 Å². The molecule has 0 saturated heterocycles. The van der Waals surface area contributed by atoms with Crippen LogP contribution in [0.4, 0.5) is 0 Å². The van der Waals surface area contributed by atoms with Crippen LogP contribution in [0.2, 0.25) is 0 Å². The van der Waals surface area contributed by atoms with Crippen LogP contribution in [-0.4, -0.2) is 16.5 Å². The van der Waals surface area contributed by atoms with E-state index in [1.807, 2.05) is 6.20 Å². The molecule has 3 nitrogen and oxygen atoms in total. The van der Waals surface area contributed by atoms with E-state index < -0.39 is 0 Å². The highest BCUT2D eigenvalue weighted by molar-refractivity contribution is 5.10.